The number of nitrogens with zero attached hydrogens (tertiary/aromatic N) is 5. The molecule has 6 heteroatoms. The molecule has 0 aliphatic carbocycles. The largest absolute Gasteiger partial charge is 0.338 e. The van der Waals surface area contributed by atoms with Crippen molar-refractivity contribution in [2.24, 2.45) is 0 Å². The van der Waals surface area contributed by atoms with Crippen LogP contribution in [0.25, 0.3) is 5.69 Å². The first-order valence-corrected chi connectivity index (χ1v) is 9.19. The van der Waals surface area contributed by atoms with Crippen LogP contribution in [-0.2, 0) is 11.2 Å². The zero-order valence-electron chi connectivity index (χ0n) is 14.7. The van der Waals surface area contributed by atoms with Gasteiger partial charge in [-0.05, 0) is 51.4 Å². The summed E-state index contributed by atoms with van der Waals surface area (Å²) in [5.41, 5.74) is 1.65. The lowest BCUT2D eigenvalue weighted by molar-refractivity contribution is -0.132. The van der Waals surface area contributed by atoms with Crippen LogP contribution in [0.15, 0.2) is 36.5 Å². The monoisotopic (exact) mass is 339 g/mol. The van der Waals surface area contributed by atoms with Crippen molar-refractivity contribution < 1.29 is 4.79 Å². The van der Waals surface area contributed by atoms with Gasteiger partial charge in [0.15, 0.2) is 0 Å². The molecule has 1 aromatic carbocycles. The quantitative estimate of drug-likeness (QED) is 0.854. The summed E-state index contributed by atoms with van der Waals surface area (Å²) in [6.45, 7) is 2.02. The molecule has 2 atom stereocenters. The lowest BCUT2D eigenvalue weighted by Gasteiger charge is -2.33. The molecule has 132 valence electrons. The van der Waals surface area contributed by atoms with E-state index in [1.165, 1.54) is 12.8 Å². The van der Waals surface area contributed by atoms with Crippen LogP contribution < -0.4 is 0 Å². The van der Waals surface area contributed by atoms with Gasteiger partial charge in [-0.15, -0.1) is 0 Å². The van der Waals surface area contributed by atoms with Gasteiger partial charge in [0.25, 0.3) is 0 Å². The van der Waals surface area contributed by atoms with Gasteiger partial charge in [-0.2, -0.15) is 15.0 Å². The van der Waals surface area contributed by atoms with Crippen molar-refractivity contribution in [3.8, 4) is 5.69 Å². The van der Waals surface area contributed by atoms with Crippen molar-refractivity contribution in [2.75, 3.05) is 20.1 Å². The summed E-state index contributed by atoms with van der Waals surface area (Å²) in [7, 11) is 2.18. The molecule has 0 radical (unpaired) electrons. The van der Waals surface area contributed by atoms with Crippen molar-refractivity contribution in [2.45, 2.75) is 44.2 Å². The van der Waals surface area contributed by atoms with Crippen LogP contribution in [0.3, 0.4) is 0 Å². The maximum atomic E-state index is 12.9. The van der Waals surface area contributed by atoms with E-state index >= 15 is 0 Å². The fraction of sp³-hybridized carbons (Fsp3) is 0.526. The molecule has 2 saturated heterocycles. The highest BCUT2D eigenvalue weighted by molar-refractivity contribution is 5.79. The number of aromatic nitrogens is 3. The molecule has 6 nitrogen and oxygen atoms in total. The normalized spacial score (nSPS) is 24.1. The zero-order chi connectivity index (χ0) is 17.2. The number of hydrogen-bond donors (Lipinski definition) is 0. The number of rotatable bonds is 4. The van der Waals surface area contributed by atoms with Crippen LogP contribution in [0.5, 0.6) is 0 Å². The summed E-state index contributed by atoms with van der Waals surface area (Å²) >= 11 is 0. The number of likely N-dealkylation sites (N-methyl/N-ethyl adjacent to an activating group) is 1. The van der Waals surface area contributed by atoms with Gasteiger partial charge in [0.1, 0.15) is 0 Å². The summed E-state index contributed by atoms with van der Waals surface area (Å²) < 4.78 is 0. The van der Waals surface area contributed by atoms with E-state index in [1.807, 2.05) is 30.3 Å². The summed E-state index contributed by atoms with van der Waals surface area (Å²) in [6.07, 6.45) is 6.71. The van der Waals surface area contributed by atoms with Crippen LogP contribution in [0, 0.1) is 0 Å². The second-order valence-electron chi connectivity index (χ2n) is 7.12. The fourth-order valence-electron chi connectivity index (χ4n) is 4.24. The van der Waals surface area contributed by atoms with Crippen LogP contribution in [0.2, 0.25) is 0 Å². The Labute approximate surface area is 148 Å². The molecule has 0 unspecified atom stereocenters. The first-order chi connectivity index (χ1) is 12.2. The summed E-state index contributed by atoms with van der Waals surface area (Å²) in [6, 6.07) is 10.7. The Morgan fingerprint density at radius 2 is 1.88 bits per heavy atom. The first-order valence-electron chi connectivity index (χ1n) is 9.19. The van der Waals surface area contributed by atoms with Gasteiger partial charge >= 0.3 is 0 Å². The van der Waals surface area contributed by atoms with Gasteiger partial charge in [0.2, 0.25) is 5.91 Å². The molecule has 2 aliphatic heterocycles. The van der Waals surface area contributed by atoms with Crippen molar-refractivity contribution in [1.82, 2.24) is 24.8 Å². The minimum Gasteiger partial charge on any atom is -0.338 e. The number of hydrogen-bond acceptors (Lipinski definition) is 4. The third kappa shape index (κ3) is 3.31. The maximum Gasteiger partial charge on any atom is 0.229 e. The average molecular weight is 339 g/mol. The van der Waals surface area contributed by atoms with Crippen LogP contribution in [0.1, 0.15) is 31.4 Å². The number of amides is 1. The van der Waals surface area contributed by atoms with Gasteiger partial charge in [-0.3, -0.25) is 4.79 Å². The summed E-state index contributed by atoms with van der Waals surface area (Å²) in [5, 5.41) is 8.78. The molecule has 0 spiro atoms. The Balaban J connectivity index is 1.44. The third-order valence-corrected chi connectivity index (χ3v) is 5.50. The van der Waals surface area contributed by atoms with E-state index < -0.39 is 0 Å². The lowest BCUT2D eigenvalue weighted by Crippen LogP contribution is -2.47. The molecule has 2 aromatic rings. The van der Waals surface area contributed by atoms with E-state index in [0.717, 1.165) is 37.3 Å². The van der Waals surface area contributed by atoms with Gasteiger partial charge in [-0.25, -0.2) is 0 Å². The lowest BCUT2D eigenvalue weighted by atomic mass is 10.0. The standard InChI is InChI=1S/C19H25N5O/c1-22-11-5-9-17(22)18-10-6-12-23(18)19(25)13-15-14-20-24(21-15)16-7-3-2-4-8-16/h2-4,7-8,14,17-18H,5-6,9-13H2,1H3/t17-,18+/m0/s1. The number of carbonyl (C=O) groups excluding carboxylic acids is 1. The van der Waals surface area contributed by atoms with Gasteiger partial charge in [-0.1, -0.05) is 18.2 Å². The summed E-state index contributed by atoms with van der Waals surface area (Å²) in [4.78, 5) is 19.0. The molecule has 2 fully saturated rings. The predicted octanol–water partition coefficient (Wildman–Crippen LogP) is 1.89. The highest BCUT2D eigenvalue weighted by Gasteiger charge is 2.38. The molecular formula is C19H25N5O. The Hall–Kier alpha value is -2.21. The highest BCUT2D eigenvalue weighted by Crippen LogP contribution is 2.29. The van der Waals surface area contributed by atoms with Crippen LogP contribution in [0.4, 0.5) is 0 Å². The van der Waals surface area contributed by atoms with Crippen molar-refractivity contribution in [1.29, 1.82) is 0 Å². The fourth-order valence-corrected chi connectivity index (χ4v) is 4.24. The molecule has 1 aromatic heterocycles. The number of likely N-dealkylation sites (tertiary alicyclic amines) is 2. The molecule has 0 N–H and O–H groups in total. The van der Waals surface area contributed by atoms with Crippen molar-refractivity contribution in [3.05, 3.63) is 42.2 Å². The molecular weight excluding hydrogens is 314 g/mol. The van der Waals surface area contributed by atoms with E-state index in [2.05, 4.69) is 27.0 Å². The topological polar surface area (TPSA) is 54.3 Å². The number of para-hydroxylation sites is 1. The summed E-state index contributed by atoms with van der Waals surface area (Å²) in [5.74, 6) is 0.183. The molecule has 0 bridgehead atoms. The molecule has 3 heterocycles. The Kier molecular flexibility index (Phi) is 4.53. The average Bonchev–Trinajstić information content (AvgIpc) is 3.35. The molecule has 0 saturated carbocycles. The number of benzene rings is 1. The Bertz CT molecular complexity index is 728. The van der Waals surface area contributed by atoms with Gasteiger partial charge in [0.05, 0.1) is 24.0 Å². The Morgan fingerprint density at radius 1 is 1.12 bits per heavy atom. The molecule has 4 rings (SSSR count). The minimum atomic E-state index is 0.183. The van der Waals surface area contributed by atoms with E-state index in [-0.39, 0.29) is 5.91 Å². The number of carbonyl (C=O) groups is 1. The Morgan fingerprint density at radius 3 is 2.64 bits per heavy atom. The van der Waals surface area contributed by atoms with Crippen LogP contribution >= 0.6 is 0 Å². The van der Waals surface area contributed by atoms with Crippen molar-refractivity contribution >= 4 is 5.91 Å². The van der Waals surface area contributed by atoms with E-state index in [0.29, 0.717) is 18.5 Å². The highest BCUT2D eigenvalue weighted by atomic mass is 16.2. The molecule has 25 heavy (non-hydrogen) atoms. The molecule has 2 aliphatic rings. The van der Waals surface area contributed by atoms with E-state index in [9.17, 15) is 4.79 Å². The first kappa shape index (κ1) is 16.3. The predicted molar refractivity (Wildman–Crippen MR) is 95.5 cm³/mol. The minimum absolute atomic E-state index is 0.183. The van der Waals surface area contributed by atoms with Crippen molar-refractivity contribution in [3.63, 3.8) is 0 Å². The third-order valence-electron chi connectivity index (χ3n) is 5.50. The second-order valence-corrected chi connectivity index (χ2v) is 7.12. The maximum absolute atomic E-state index is 12.9. The zero-order valence-corrected chi connectivity index (χ0v) is 14.7. The second kappa shape index (κ2) is 6.96. The SMILES string of the molecule is CN1CCC[C@H]1[C@H]1CCCN1C(=O)Cc1cnn(-c2ccccc2)n1. The van der Waals surface area contributed by atoms with Gasteiger partial charge in [0, 0.05) is 18.6 Å². The van der Waals surface area contributed by atoms with Gasteiger partial charge < -0.3 is 9.80 Å². The van der Waals surface area contributed by atoms with E-state index in [1.54, 1.807) is 11.0 Å². The van der Waals surface area contributed by atoms with E-state index in [4.69, 9.17) is 0 Å². The molecule has 1 amide bonds. The van der Waals surface area contributed by atoms with Crippen LogP contribution in [-0.4, -0.2) is 62.9 Å². The smallest absolute Gasteiger partial charge is 0.229 e.